The maximum atomic E-state index is 12.5. The molecule has 0 aliphatic rings. The summed E-state index contributed by atoms with van der Waals surface area (Å²) in [5, 5.41) is 0. The van der Waals surface area contributed by atoms with Crippen LogP contribution in [0.1, 0.15) is 32.1 Å². The summed E-state index contributed by atoms with van der Waals surface area (Å²) in [5.41, 5.74) is 5.78. The van der Waals surface area contributed by atoms with Crippen molar-refractivity contribution in [3.05, 3.63) is 26.7 Å². The Kier molecular flexibility index (Phi) is 3.80. The van der Waals surface area contributed by atoms with E-state index in [4.69, 9.17) is 5.73 Å². The molecule has 1 unspecified atom stereocenters. The molecule has 1 atom stereocenters. The lowest BCUT2D eigenvalue weighted by Crippen LogP contribution is -2.42. The average Bonchev–Trinajstić information content (AvgIpc) is 2.70. The minimum atomic E-state index is -0.333. The summed E-state index contributed by atoms with van der Waals surface area (Å²) < 4.78 is 4.53. The van der Waals surface area contributed by atoms with Crippen LogP contribution in [0.15, 0.2) is 9.59 Å². The molecule has 7 nitrogen and oxygen atoms in total. The first-order chi connectivity index (χ1) is 9.43. The molecule has 0 bridgehead atoms. The van der Waals surface area contributed by atoms with E-state index in [-0.39, 0.29) is 30.4 Å². The van der Waals surface area contributed by atoms with Crippen molar-refractivity contribution in [2.45, 2.75) is 39.8 Å². The second-order valence-electron chi connectivity index (χ2n) is 5.05. The quantitative estimate of drug-likeness (QED) is 0.862. The minimum absolute atomic E-state index is 0.0241. The van der Waals surface area contributed by atoms with Crippen molar-refractivity contribution in [2.75, 3.05) is 6.54 Å². The molecule has 20 heavy (non-hydrogen) atoms. The molecule has 0 spiro atoms. The normalized spacial score (nSPS) is 13.1. The predicted octanol–water partition coefficient (Wildman–Crippen LogP) is 0.135. The summed E-state index contributed by atoms with van der Waals surface area (Å²) in [4.78, 5) is 29.4. The van der Waals surface area contributed by atoms with Gasteiger partial charge in [-0.1, -0.05) is 6.92 Å². The Balaban J connectivity index is 3.00. The van der Waals surface area contributed by atoms with Gasteiger partial charge in [-0.05, 0) is 20.3 Å². The van der Waals surface area contributed by atoms with Crippen LogP contribution in [0, 0.1) is 6.92 Å². The third kappa shape index (κ3) is 1.98. The second kappa shape index (κ2) is 5.24. The summed E-state index contributed by atoms with van der Waals surface area (Å²) in [5.74, 6) is 0.707. The zero-order valence-corrected chi connectivity index (χ0v) is 12.4. The van der Waals surface area contributed by atoms with E-state index in [0.717, 1.165) is 6.42 Å². The largest absolute Gasteiger partial charge is 0.333 e. The monoisotopic (exact) mass is 279 g/mol. The summed E-state index contributed by atoms with van der Waals surface area (Å²) in [6.45, 7) is 6.23. The fourth-order valence-corrected chi connectivity index (χ4v) is 2.34. The van der Waals surface area contributed by atoms with Gasteiger partial charge in [0, 0.05) is 26.2 Å². The molecule has 2 aromatic rings. The summed E-state index contributed by atoms with van der Waals surface area (Å²) >= 11 is 0. The molecule has 0 saturated carbocycles. The molecule has 0 aliphatic carbocycles. The van der Waals surface area contributed by atoms with E-state index < -0.39 is 0 Å². The first-order valence-corrected chi connectivity index (χ1v) is 6.82. The number of fused-ring (bicyclic) bond motifs is 1. The molecular weight excluding hydrogens is 258 g/mol. The van der Waals surface area contributed by atoms with Gasteiger partial charge in [0.15, 0.2) is 11.2 Å². The fraction of sp³-hybridized carbons (Fsp3) is 0.615. The molecule has 0 aliphatic heterocycles. The van der Waals surface area contributed by atoms with Crippen molar-refractivity contribution in [3.63, 3.8) is 0 Å². The Morgan fingerprint density at radius 1 is 1.35 bits per heavy atom. The van der Waals surface area contributed by atoms with Gasteiger partial charge in [-0.25, -0.2) is 9.78 Å². The zero-order chi connectivity index (χ0) is 15.0. The van der Waals surface area contributed by atoms with Crippen LogP contribution in [0.25, 0.3) is 11.2 Å². The van der Waals surface area contributed by atoms with Crippen LogP contribution in [-0.4, -0.2) is 25.2 Å². The number of nitrogens with two attached hydrogens (primary N) is 1. The topological polar surface area (TPSA) is 87.8 Å². The molecule has 2 heterocycles. The average molecular weight is 279 g/mol. The highest BCUT2D eigenvalue weighted by Crippen LogP contribution is 2.15. The molecule has 110 valence electrons. The van der Waals surface area contributed by atoms with Crippen LogP contribution in [0.3, 0.4) is 0 Å². The standard InChI is InChI=1S/C13H21N5O2/c1-5-8(2)18-11-10(16(4)9(3)15-11)12(19)17(7-6-14)13(18)20/h8H,5-7,14H2,1-4H3. The highest BCUT2D eigenvalue weighted by atomic mass is 16.2. The first-order valence-electron chi connectivity index (χ1n) is 6.82. The number of rotatable bonds is 4. The van der Waals surface area contributed by atoms with Gasteiger partial charge in [0.1, 0.15) is 5.82 Å². The third-order valence-electron chi connectivity index (χ3n) is 3.80. The van der Waals surface area contributed by atoms with Gasteiger partial charge in [0.05, 0.1) is 0 Å². The van der Waals surface area contributed by atoms with Crippen LogP contribution in [0.4, 0.5) is 0 Å². The molecule has 0 fully saturated rings. The molecule has 7 heteroatoms. The Hall–Kier alpha value is -1.89. The maximum Gasteiger partial charge on any atom is 0.333 e. The van der Waals surface area contributed by atoms with Crippen molar-refractivity contribution in [3.8, 4) is 0 Å². The van der Waals surface area contributed by atoms with E-state index in [0.29, 0.717) is 17.0 Å². The first kappa shape index (κ1) is 14.5. The van der Waals surface area contributed by atoms with Gasteiger partial charge in [-0.15, -0.1) is 0 Å². The summed E-state index contributed by atoms with van der Waals surface area (Å²) in [6, 6.07) is -0.0241. The Morgan fingerprint density at radius 2 is 2.00 bits per heavy atom. The van der Waals surface area contributed by atoms with Gasteiger partial charge in [-0.3, -0.25) is 13.9 Å². The number of nitrogens with zero attached hydrogens (tertiary/aromatic N) is 4. The lowest BCUT2D eigenvalue weighted by Gasteiger charge is -2.16. The Morgan fingerprint density at radius 3 is 2.55 bits per heavy atom. The molecule has 2 N–H and O–H groups in total. The van der Waals surface area contributed by atoms with Gasteiger partial charge < -0.3 is 10.3 Å². The maximum absolute atomic E-state index is 12.5. The van der Waals surface area contributed by atoms with E-state index >= 15 is 0 Å². The van der Waals surface area contributed by atoms with Crippen molar-refractivity contribution in [1.29, 1.82) is 0 Å². The van der Waals surface area contributed by atoms with Gasteiger partial charge in [-0.2, -0.15) is 0 Å². The van der Waals surface area contributed by atoms with Crippen molar-refractivity contribution in [1.82, 2.24) is 18.7 Å². The number of hydrogen-bond acceptors (Lipinski definition) is 4. The summed E-state index contributed by atoms with van der Waals surface area (Å²) in [6.07, 6.45) is 0.783. The van der Waals surface area contributed by atoms with Gasteiger partial charge >= 0.3 is 5.69 Å². The van der Waals surface area contributed by atoms with E-state index in [2.05, 4.69) is 4.98 Å². The van der Waals surface area contributed by atoms with E-state index in [1.807, 2.05) is 20.8 Å². The molecule has 0 radical (unpaired) electrons. The molecule has 0 saturated heterocycles. The fourth-order valence-electron chi connectivity index (χ4n) is 2.34. The SMILES string of the molecule is CCC(C)n1c(=O)n(CCN)c(=O)c2c1nc(C)n2C. The highest BCUT2D eigenvalue weighted by molar-refractivity contribution is 5.71. The van der Waals surface area contributed by atoms with Crippen molar-refractivity contribution < 1.29 is 0 Å². The summed E-state index contributed by atoms with van der Waals surface area (Å²) in [7, 11) is 1.78. The van der Waals surface area contributed by atoms with Crippen LogP contribution in [-0.2, 0) is 13.6 Å². The number of imidazole rings is 1. The smallest absolute Gasteiger partial charge is 0.329 e. The molecule has 0 aromatic carbocycles. The van der Waals surface area contributed by atoms with E-state index in [9.17, 15) is 9.59 Å². The number of aromatic nitrogens is 4. The Labute approximate surface area is 116 Å². The van der Waals surface area contributed by atoms with Crippen LogP contribution in [0.2, 0.25) is 0 Å². The Bertz CT molecular complexity index is 753. The molecule has 0 amide bonds. The second-order valence-corrected chi connectivity index (χ2v) is 5.05. The molecule has 2 rings (SSSR count). The molecular formula is C13H21N5O2. The van der Waals surface area contributed by atoms with Crippen LogP contribution < -0.4 is 17.0 Å². The lowest BCUT2D eigenvalue weighted by atomic mass is 10.2. The van der Waals surface area contributed by atoms with E-state index in [1.54, 1.807) is 16.2 Å². The third-order valence-corrected chi connectivity index (χ3v) is 3.80. The van der Waals surface area contributed by atoms with Crippen molar-refractivity contribution in [2.24, 2.45) is 12.8 Å². The lowest BCUT2D eigenvalue weighted by molar-refractivity contribution is 0.485. The highest BCUT2D eigenvalue weighted by Gasteiger charge is 2.20. The van der Waals surface area contributed by atoms with Crippen LogP contribution >= 0.6 is 0 Å². The van der Waals surface area contributed by atoms with Crippen LogP contribution in [0.5, 0.6) is 0 Å². The number of aryl methyl sites for hydroxylation is 2. The van der Waals surface area contributed by atoms with E-state index in [1.165, 1.54) is 4.57 Å². The minimum Gasteiger partial charge on any atom is -0.329 e. The zero-order valence-electron chi connectivity index (χ0n) is 12.4. The predicted molar refractivity (Wildman–Crippen MR) is 78.0 cm³/mol. The van der Waals surface area contributed by atoms with Gasteiger partial charge in [0.25, 0.3) is 5.56 Å². The van der Waals surface area contributed by atoms with Crippen molar-refractivity contribution >= 4 is 11.2 Å². The molecule has 2 aromatic heterocycles. The number of hydrogen-bond donors (Lipinski definition) is 1. The van der Waals surface area contributed by atoms with Gasteiger partial charge in [0.2, 0.25) is 0 Å².